The van der Waals surface area contributed by atoms with Crippen molar-refractivity contribution in [3.05, 3.63) is 23.3 Å². The summed E-state index contributed by atoms with van der Waals surface area (Å²) in [5.41, 5.74) is 7.93. The SMILES string of the molecule is Cc1cc(S(=O)(=O)NC2CNC(=O)C2)cc(N)c1C. The fourth-order valence-electron chi connectivity index (χ4n) is 1.98. The van der Waals surface area contributed by atoms with E-state index in [-0.39, 0.29) is 17.2 Å². The molecule has 1 saturated heterocycles. The van der Waals surface area contributed by atoms with Crippen LogP contribution in [-0.2, 0) is 14.8 Å². The summed E-state index contributed by atoms with van der Waals surface area (Å²) >= 11 is 0. The van der Waals surface area contributed by atoms with E-state index in [2.05, 4.69) is 10.0 Å². The molecule has 1 aromatic rings. The Bertz CT molecular complexity index is 602. The van der Waals surface area contributed by atoms with Gasteiger partial charge in [-0.1, -0.05) is 0 Å². The topological polar surface area (TPSA) is 101 Å². The van der Waals surface area contributed by atoms with Crippen molar-refractivity contribution in [1.82, 2.24) is 10.0 Å². The fourth-order valence-corrected chi connectivity index (χ4v) is 3.34. The lowest BCUT2D eigenvalue weighted by Crippen LogP contribution is -2.36. The fraction of sp³-hybridized carbons (Fsp3) is 0.417. The molecule has 1 unspecified atom stereocenters. The van der Waals surface area contributed by atoms with Crippen LogP contribution in [0.1, 0.15) is 17.5 Å². The Morgan fingerprint density at radius 2 is 2.05 bits per heavy atom. The van der Waals surface area contributed by atoms with E-state index < -0.39 is 16.1 Å². The minimum absolute atomic E-state index is 0.132. The third kappa shape index (κ3) is 2.87. The van der Waals surface area contributed by atoms with Gasteiger partial charge in [-0.2, -0.15) is 0 Å². The van der Waals surface area contributed by atoms with Gasteiger partial charge in [-0.25, -0.2) is 13.1 Å². The van der Waals surface area contributed by atoms with Crippen molar-refractivity contribution >= 4 is 21.6 Å². The smallest absolute Gasteiger partial charge is 0.240 e. The van der Waals surface area contributed by atoms with E-state index in [0.29, 0.717) is 12.2 Å². The van der Waals surface area contributed by atoms with Crippen LogP contribution in [0.4, 0.5) is 5.69 Å². The standard InChI is InChI=1S/C12H17N3O3S/c1-7-3-10(5-11(13)8(7)2)19(17,18)15-9-4-12(16)14-6-9/h3,5,9,15H,4,6,13H2,1-2H3,(H,14,16). The normalized spacial score (nSPS) is 19.5. The highest BCUT2D eigenvalue weighted by Gasteiger charge is 2.27. The van der Waals surface area contributed by atoms with E-state index in [9.17, 15) is 13.2 Å². The van der Waals surface area contributed by atoms with Gasteiger partial charge in [0.25, 0.3) is 0 Å². The summed E-state index contributed by atoms with van der Waals surface area (Å²) in [6.07, 6.45) is 0.166. The second kappa shape index (κ2) is 4.82. The van der Waals surface area contributed by atoms with Crippen molar-refractivity contribution in [1.29, 1.82) is 0 Å². The van der Waals surface area contributed by atoms with Gasteiger partial charge < -0.3 is 11.1 Å². The molecular formula is C12H17N3O3S. The zero-order chi connectivity index (χ0) is 14.2. The van der Waals surface area contributed by atoms with Crippen LogP contribution in [0.25, 0.3) is 0 Å². The predicted molar refractivity (Wildman–Crippen MR) is 72.1 cm³/mol. The van der Waals surface area contributed by atoms with Crippen molar-refractivity contribution in [2.75, 3.05) is 12.3 Å². The van der Waals surface area contributed by atoms with Crippen LogP contribution in [0.5, 0.6) is 0 Å². The monoisotopic (exact) mass is 283 g/mol. The molecule has 19 heavy (non-hydrogen) atoms. The Labute approximate surface area is 112 Å². The first-order chi connectivity index (χ1) is 8.79. The third-order valence-corrected chi connectivity index (χ3v) is 4.79. The molecule has 4 N–H and O–H groups in total. The van der Waals surface area contributed by atoms with Crippen molar-refractivity contribution in [2.24, 2.45) is 0 Å². The average Bonchev–Trinajstić information content (AvgIpc) is 2.70. The van der Waals surface area contributed by atoms with E-state index in [0.717, 1.165) is 11.1 Å². The number of anilines is 1. The molecule has 0 spiro atoms. The lowest BCUT2D eigenvalue weighted by molar-refractivity contribution is -0.119. The lowest BCUT2D eigenvalue weighted by atomic mass is 10.1. The van der Waals surface area contributed by atoms with E-state index in [1.165, 1.54) is 6.07 Å². The molecule has 1 atom stereocenters. The Balaban J connectivity index is 2.27. The maximum absolute atomic E-state index is 12.2. The van der Waals surface area contributed by atoms with Crippen LogP contribution in [0, 0.1) is 13.8 Å². The number of amides is 1. The van der Waals surface area contributed by atoms with Gasteiger partial charge in [-0.3, -0.25) is 4.79 Å². The van der Waals surface area contributed by atoms with E-state index in [1.807, 2.05) is 13.8 Å². The highest BCUT2D eigenvalue weighted by molar-refractivity contribution is 7.89. The number of nitrogens with one attached hydrogen (secondary N) is 2. The zero-order valence-electron chi connectivity index (χ0n) is 10.9. The largest absolute Gasteiger partial charge is 0.398 e. The Hall–Kier alpha value is -1.60. The molecule has 0 aliphatic carbocycles. The number of aryl methyl sites for hydroxylation is 1. The number of benzene rings is 1. The van der Waals surface area contributed by atoms with Gasteiger partial charge in [-0.05, 0) is 37.1 Å². The average molecular weight is 283 g/mol. The maximum Gasteiger partial charge on any atom is 0.240 e. The molecule has 1 aromatic carbocycles. The minimum Gasteiger partial charge on any atom is -0.398 e. The van der Waals surface area contributed by atoms with Crippen molar-refractivity contribution < 1.29 is 13.2 Å². The molecule has 1 fully saturated rings. The van der Waals surface area contributed by atoms with Gasteiger partial charge in [0, 0.05) is 24.7 Å². The maximum atomic E-state index is 12.2. The number of hydrogen-bond donors (Lipinski definition) is 3. The van der Waals surface area contributed by atoms with E-state index in [1.54, 1.807) is 6.07 Å². The van der Waals surface area contributed by atoms with Crippen LogP contribution in [0.2, 0.25) is 0 Å². The highest BCUT2D eigenvalue weighted by Crippen LogP contribution is 2.21. The molecule has 104 valence electrons. The molecule has 0 aromatic heterocycles. The number of sulfonamides is 1. The molecule has 7 heteroatoms. The molecular weight excluding hydrogens is 266 g/mol. The Morgan fingerprint density at radius 3 is 2.58 bits per heavy atom. The number of carbonyl (C=O) groups excluding carboxylic acids is 1. The molecule has 1 amide bonds. The number of nitrogens with two attached hydrogens (primary N) is 1. The summed E-state index contributed by atoms with van der Waals surface area (Å²) in [4.78, 5) is 11.2. The molecule has 1 aliphatic rings. The predicted octanol–water partition coefficient (Wildman–Crippen LogP) is 0.0524. The van der Waals surface area contributed by atoms with Crippen LogP contribution in [0.3, 0.4) is 0 Å². The van der Waals surface area contributed by atoms with E-state index in [4.69, 9.17) is 5.73 Å². The Kier molecular flexibility index (Phi) is 3.51. The first-order valence-electron chi connectivity index (χ1n) is 5.95. The van der Waals surface area contributed by atoms with E-state index >= 15 is 0 Å². The second-order valence-corrected chi connectivity index (χ2v) is 6.49. The Morgan fingerprint density at radius 1 is 1.37 bits per heavy atom. The highest BCUT2D eigenvalue weighted by atomic mass is 32.2. The number of carbonyl (C=O) groups is 1. The van der Waals surface area contributed by atoms with Crippen LogP contribution < -0.4 is 15.8 Å². The van der Waals surface area contributed by atoms with Crippen molar-refractivity contribution in [2.45, 2.75) is 31.2 Å². The lowest BCUT2D eigenvalue weighted by Gasteiger charge is -2.13. The quantitative estimate of drug-likeness (QED) is 0.682. The molecule has 0 radical (unpaired) electrons. The molecule has 6 nitrogen and oxygen atoms in total. The first kappa shape index (κ1) is 13.8. The van der Waals surface area contributed by atoms with Gasteiger partial charge in [-0.15, -0.1) is 0 Å². The van der Waals surface area contributed by atoms with Gasteiger partial charge in [0.05, 0.1) is 4.90 Å². The molecule has 2 rings (SSSR count). The van der Waals surface area contributed by atoms with Crippen molar-refractivity contribution in [3.63, 3.8) is 0 Å². The summed E-state index contributed by atoms with van der Waals surface area (Å²) in [5, 5.41) is 2.58. The molecule has 0 bridgehead atoms. The summed E-state index contributed by atoms with van der Waals surface area (Å²) in [5.74, 6) is -0.146. The van der Waals surface area contributed by atoms with Gasteiger partial charge in [0.15, 0.2) is 0 Å². The van der Waals surface area contributed by atoms with Crippen LogP contribution >= 0.6 is 0 Å². The number of hydrogen-bond acceptors (Lipinski definition) is 4. The second-order valence-electron chi connectivity index (χ2n) is 4.78. The molecule has 1 aliphatic heterocycles. The molecule has 1 heterocycles. The first-order valence-corrected chi connectivity index (χ1v) is 7.43. The summed E-state index contributed by atoms with van der Waals surface area (Å²) in [6, 6.07) is 2.62. The van der Waals surface area contributed by atoms with Gasteiger partial charge in [0.1, 0.15) is 0 Å². The van der Waals surface area contributed by atoms with Crippen molar-refractivity contribution in [3.8, 4) is 0 Å². The van der Waals surface area contributed by atoms with Crippen LogP contribution in [-0.4, -0.2) is 26.9 Å². The third-order valence-electron chi connectivity index (χ3n) is 3.29. The minimum atomic E-state index is -3.65. The summed E-state index contributed by atoms with van der Waals surface area (Å²) in [6.45, 7) is 3.97. The summed E-state index contributed by atoms with van der Waals surface area (Å²) in [7, 11) is -3.65. The molecule has 0 saturated carbocycles. The summed E-state index contributed by atoms with van der Waals surface area (Å²) < 4.78 is 26.9. The van der Waals surface area contributed by atoms with Gasteiger partial charge in [0.2, 0.25) is 15.9 Å². The van der Waals surface area contributed by atoms with Crippen LogP contribution in [0.15, 0.2) is 17.0 Å². The zero-order valence-corrected chi connectivity index (χ0v) is 11.7. The number of nitrogen functional groups attached to an aromatic ring is 1. The van der Waals surface area contributed by atoms with Gasteiger partial charge >= 0.3 is 0 Å². The number of rotatable bonds is 3.